The van der Waals surface area contributed by atoms with Crippen molar-refractivity contribution in [2.24, 2.45) is 5.14 Å². The van der Waals surface area contributed by atoms with Gasteiger partial charge in [0, 0.05) is 6.61 Å². The summed E-state index contributed by atoms with van der Waals surface area (Å²) >= 11 is 0. The van der Waals surface area contributed by atoms with Crippen molar-refractivity contribution in [2.75, 3.05) is 12.4 Å². The average molecular weight is 179 g/mol. The first-order valence-electron chi connectivity index (χ1n) is 3.70. The Hall–Kier alpha value is -0.130. The van der Waals surface area contributed by atoms with Gasteiger partial charge in [-0.05, 0) is 19.3 Å². The van der Waals surface area contributed by atoms with Crippen molar-refractivity contribution in [1.29, 1.82) is 0 Å². The fourth-order valence-electron chi connectivity index (χ4n) is 1.17. The minimum Gasteiger partial charge on any atom is -0.378 e. The van der Waals surface area contributed by atoms with Crippen LogP contribution in [0.15, 0.2) is 0 Å². The van der Waals surface area contributed by atoms with Gasteiger partial charge in [0.15, 0.2) is 0 Å². The van der Waals surface area contributed by atoms with Crippen LogP contribution in [0.2, 0.25) is 0 Å². The smallest absolute Gasteiger partial charge is 0.209 e. The second-order valence-electron chi connectivity index (χ2n) is 2.79. The van der Waals surface area contributed by atoms with E-state index in [4.69, 9.17) is 9.88 Å². The van der Waals surface area contributed by atoms with Crippen molar-refractivity contribution >= 4 is 10.0 Å². The van der Waals surface area contributed by atoms with Crippen LogP contribution in [0.25, 0.3) is 0 Å². The lowest BCUT2D eigenvalue weighted by Crippen LogP contribution is -2.20. The topological polar surface area (TPSA) is 69.4 Å². The molecule has 2 N–H and O–H groups in total. The summed E-state index contributed by atoms with van der Waals surface area (Å²) in [5.41, 5.74) is 0. The van der Waals surface area contributed by atoms with E-state index in [-0.39, 0.29) is 11.9 Å². The molecular weight excluding hydrogens is 166 g/mol. The van der Waals surface area contributed by atoms with Crippen molar-refractivity contribution < 1.29 is 13.2 Å². The third-order valence-corrected chi connectivity index (χ3v) is 2.55. The summed E-state index contributed by atoms with van der Waals surface area (Å²) in [7, 11) is -3.29. The third-order valence-electron chi connectivity index (χ3n) is 1.75. The van der Waals surface area contributed by atoms with E-state index in [9.17, 15) is 8.42 Å². The monoisotopic (exact) mass is 179 g/mol. The summed E-state index contributed by atoms with van der Waals surface area (Å²) in [5, 5.41) is 4.83. The molecule has 1 atom stereocenters. The van der Waals surface area contributed by atoms with Gasteiger partial charge in [-0.1, -0.05) is 0 Å². The molecule has 1 fully saturated rings. The summed E-state index contributed by atoms with van der Waals surface area (Å²) < 4.78 is 26.2. The fraction of sp³-hybridized carbons (Fsp3) is 1.00. The van der Waals surface area contributed by atoms with Crippen LogP contribution in [-0.2, 0) is 14.8 Å². The van der Waals surface area contributed by atoms with Gasteiger partial charge in [-0.25, -0.2) is 13.6 Å². The molecule has 0 bridgehead atoms. The van der Waals surface area contributed by atoms with Crippen LogP contribution in [0.5, 0.6) is 0 Å². The van der Waals surface area contributed by atoms with E-state index in [0.717, 1.165) is 19.4 Å². The van der Waals surface area contributed by atoms with Gasteiger partial charge in [-0.15, -0.1) is 0 Å². The van der Waals surface area contributed by atoms with Crippen molar-refractivity contribution in [2.45, 2.75) is 25.4 Å². The van der Waals surface area contributed by atoms with Crippen molar-refractivity contribution in [3.05, 3.63) is 0 Å². The molecule has 1 rings (SSSR count). The molecule has 0 aromatic carbocycles. The van der Waals surface area contributed by atoms with Crippen LogP contribution >= 0.6 is 0 Å². The van der Waals surface area contributed by atoms with Gasteiger partial charge >= 0.3 is 0 Å². The van der Waals surface area contributed by atoms with Crippen LogP contribution in [0.3, 0.4) is 0 Å². The number of rotatable bonds is 3. The van der Waals surface area contributed by atoms with E-state index in [1.165, 1.54) is 0 Å². The first-order chi connectivity index (χ1) is 5.08. The Morgan fingerprint density at radius 1 is 1.55 bits per heavy atom. The van der Waals surface area contributed by atoms with Gasteiger partial charge in [-0.3, -0.25) is 0 Å². The zero-order valence-electron chi connectivity index (χ0n) is 6.32. The van der Waals surface area contributed by atoms with Crippen LogP contribution in [0, 0.1) is 0 Å². The predicted octanol–water partition coefficient (Wildman–Crippen LogP) is -0.156. The zero-order chi connectivity index (χ0) is 8.32. The average Bonchev–Trinajstić information content (AvgIpc) is 2.32. The van der Waals surface area contributed by atoms with E-state index in [0.29, 0.717) is 6.42 Å². The van der Waals surface area contributed by atoms with E-state index in [2.05, 4.69) is 0 Å². The maximum absolute atomic E-state index is 10.5. The lowest BCUT2D eigenvalue weighted by molar-refractivity contribution is 0.109. The molecule has 0 saturated carbocycles. The lowest BCUT2D eigenvalue weighted by atomic mass is 10.2. The lowest BCUT2D eigenvalue weighted by Gasteiger charge is -2.06. The van der Waals surface area contributed by atoms with Gasteiger partial charge in [-0.2, -0.15) is 0 Å². The molecule has 11 heavy (non-hydrogen) atoms. The quantitative estimate of drug-likeness (QED) is 0.654. The Kier molecular flexibility index (Phi) is 2.86. The van der Waals surface area contributed by atoms with E-state index < -0.39 is 10.0 Å². The molecule has 0 aromatic rings. The number of ether oxygens (including phenoxy) is 1. The molecule has 5 heteroatoms. The van der Waals surface area contributed by atoms with Crippen LogP contribution in [-0.4, -0.2) is 26.9 Å². The molecule has 0 radical (unpaired) electrons. The summed E-state index contributed by atoms with van der Waals surface area (Å²) in [5.74, 6) is 0.0394. The summed E-state index contributed by atoms with van der Waals surface area (Å²) in [4.78, 5) is 0. The molecule has 0 aliphatic carbocycles. The molecule has 1 aliphatic heterocycles. The molecule has 0 amide bonds. The Morgan fingerprint density at radius 3 is 2.73 bits per heavy atom. The number of primary sulfonamides is 1. The predicted molar refractivity (Wildman–Crippen MR) is 41.6 cm³/mol. The molecule has 4 nitrogen and oxygen atoms in total. The highest BCUT2D eigenvalue weighted by Gasteiger charge is 2.17. The molecule has 0 aromatic heterocycles. The highest BCUT2D eigenvalue weighted by molar-refractivity contribution is 7.89. The first kappa shape index (κ1) is 8.96. The van der Waals surface area contributed by atoms with Crippen LogP contribution < -0.4 is 5.14 Å². The van der Waals surface area contributed by atoms with Crippen molar-refractivity contribution in [1.82, 2.24) is 0 Å². The van der Waals surface area contributed by atoms with Crippen LogP contribution in [0.4, 0.5) is 0 Å². The Labute approximate surface area is 66.8 Å². The first-order valence-corrected chi connectivity index (χ1v) is 5.41. The number of hydrogen-bond acceptors (Lipinski definition) is 3. The fourth-order valence-corrected chi connectivity index (χ4v) is 1.76. The molecule has 0 spiro atoms. The molecule has 1 saturated heterocycles. The number of hydrogen-bond donors (Lipinski definition) is 1. The van der Waals surface area contributed by atoms with E-state index in [1.54, 1.807) is 0 Å². The molecule has 66 valence electrons. The maximum atomic E-state index is 10.5. The Morgan fingerprint density at radius 2 is 2.27 bits per heavy atom. The highest BCUT2D eigenvalue weighted by Crippen LogP contribution is 2.15. The number of nitrogens with two attached hydrogens (primary N) is 1. The Balaban J connectivity index is 2.22. The standard InChI is InChI=1S/C6H13NO3S/c7-11(8,9)5-3-6-2-1-4-10-6/h6H,1-5H2,(H2,7,8,9)/t6-/m1/s1. The van der Waals surface area contributed by atoms with Crippen LogP contribution in [0.1, 0.15) is 19.3 Å². The normalized spacial score (nSPS) is 25.7. The molecule has 0 unspecified atom stereocenters. The van der Waals surface area contributed by atoms with Gasteiger partial charge in [0.05, 0.1) is 11.9 Å². The second kappa shape index (κ2) is 3.51. The summed E-state index contributed by atoms with van der Waals surface area (Å²) in [6, 6.07) is 0. The maximum Gasteiger partial charge on any atom is 0.209 e. The third kappa shape index (κ3) is 3.69. The molecular formula is C6H13NO3S. The van der Waals surface area contributed by atoms with Crippen molar-refractivity contribution in [3.8, 4) is 0 Å². The van der Waals surface area contributed by atoms with E-state index >= 15 is 0 Å². The SMILES string of the molecule is NS(=O)(=O)CC[C@H]1CCCO1. The minimum absolute atomic E-state index is 0.0394. The highest BCUT2D eigenvalue weighted by atomic mass is 32.2. The van der Waals surface area contributed by atoms with Gasteiger partial charge in [0.1, 0.15) is 0 Å². The van der Waals surface area contributed by atoms with Gasteiger partial charge in [0.2, 0.25) is 10.0 Å². The largest absolute Gasteiger partial charge is 0.378 e. The van der Waals surface area contributed by atoms with Crippen molar-refractivity contribution in [3.63, 3.8) is 0 Å². The second-order valence-corrected chi connectivity index (χ2v) is 4.52. The van der Waals surface area contributed by atoms with Gasteiger partial charge in [0.25, 0.3) is 0 Å². The van der Waals surface area contributed by atoms with E-state index in [1.807, 2.05) is 0 Å². The Bertz CT molecular complexity index is 206. The molecule has 1 aliphatic rings. The molecule has 1 heterocycles. The number of sulfonamides is 1. The minimum atomic E-state index is -3.29. The summed E-state index contributed by atoms with van der Waals surface area (Å²) in [6.45, 7) is 0.759. The summed E-state index contributed by atoms with van der Waals surface area (Å²) in [6.07, 6.45) is 2.66. The zero-order valence-corrected chi connectivity index (χ0v) is 7.14. The van der Waals surface area contributed by atoms with Gasteiger partial charge < -0.3 is 4.74 Å².